The third-order valence-corrected chi connectivity index (χ3v) is 6.53. The highest BCUT2D eigenvalue weighted by molar-refractivity contribution is 7.99. The second-order valence-electron chi connectivity index (χ2n) is 6.06. The Bertz CT molecular complexity index is 1090. The van der Waals surface area contributed by atoms with Crippen LogP contribution in [0, 0.1) is 0 Å². The van der Waals surface area contributed by atoms with E-state index >= 15 is 0 Å². The minimum Gasteiger partial charge on any atom is -0.336 e. The molecule has 27 heavy (non-hydrogen) atoms. The minimum atomic E-state index is -0.0911. The number of nitrogens with zero attached hydrogens (tertiary/aromatic N) is 4. The van der Waals surface area contributed by atoms with Gasteiger partial charge in [-0.15, -0.1) is 11.3 Å². The fraction of sp³-hybridized carbons (Fsp3) is 0.222. The zero-order valence-electron chi connectivity index (χ0n) is 14.6. The first-order valence-electron chi connectivity index (χ1n) is 8.26. The van der Waals surface area contributed by atoms with Gasteiger partial charge in [0.15, 0.2) is 10.8 Å². The van der Waals surface area contributed by atoms with Crippen LogP contribution >= 0.6 is 34.7 Å². The number of pyridine rings is 1. The van der Waals surface area contributed by atoms with Gasteiger partial charge in [0.05, 0.1) is 32.6 Å². The standard InChI is InChI=1S/C18H16ClN5OS2/c1-10(17-21-12-5-3-4-6-14(12)27-17)24(2)15(25)9-26-18-22-13-7-11(19)8-20-16(13)23-18/h3-8,10H,9H2,1-2H3,(H,20,22,23). The molecule has 0 fully saturated rings. The Hall–Kier alpha value is -2.16. The average Bonchev–Trinajstić information content (AvgIpc) is 3.27. The lowest BCUT2D eigenvalue weighted by Gasteiger charge is -2.22. The average molecular weight is 418 g/mol. The first kappa shape index (κ1) is 18.2. The van der Waals surface area contributed by atoms with Gasteiger partial charge >= 0.3 is 0 Å². The number of H-pyrrole nitrogens is 1. The fourth-order valence-electron chi connectivity index (χ4n) is 2.60. The summed E-state index contributed by atoms with van der Waals surface area (Å²) in [5.41, 5.74) is 2.31. The summed E-state index contributed by atoms with van der Waals surface area (Å²) in [7, 11) is 1.81. The SMILES string of the molecule is CC(c1nc2ccccc2s1)N(C)C(=O)CSc1nc2ncc(Cl)cc2[nH]1. The van der Waals surface area contributed by atoms with E-state index in [0.29, 0.717) is 15.8 Å². The number of aromatic nitrogens is 4. The minimum absolute atomic E-state index is 0.0122. The lowest BCUT2D eigenvalue weighted by molar-refractivity contribution is -0.128. The van der Waals surface area contributed by atoms with Crippen molar-refractivity contribution in [2.24, 2.45) is 0 Å². The lowest BCUT2D eigenvalue weighted by atomic mass is 10.3. The summed E-state index contributed by atoms with van der Waals surface area (Å²) in [5, 5.41) is 2.12. The predicted octanol–water partition coefficient (Wildman–Crippen LogP) is 4.53. The molecule has 1 N–H and O–H groups in total. The van der Waals surface area contributed by atoms with Crippen molar-refractivity contribution < 1.29 is 4.79 Å². The van der Waals surface area contributed by atoms with Crippen molar-refractivity contribution in [3.05, 3.63) is 46.6 Å². The van der Waals surface area contributed by atoms with Crippen molar-refractivity contribution in [3.63, 3.8) is 0 Å². The molecule has 0 bridgehead atoms. The number of thiazole rings is 1. The van der Waals surface area contributed by atoms with Crippen LogP contribution in [0.25, 0.3) is 21.4 Å². The normalized spacial score (nSPS) is 12.6. The molecule has 1 amide bonds. The number of para-hydroxylation sites is 1. The quantitative estimate of drug-likeness (QED) is 0.483. The van der Waals surface area contributed by atoms with Crippen LogP contribution in [0.1, 0.15) is 18.0 Å². The molecule has 1 unspecified atom stereocenters. The maximum atomic E-state index is 12.6. The molecule has 0 spiro atoms. The molecule has 0 radical (unpaired) electrons. The molecule has 0 saturated carbocycles. The highest BCUT2D eigenvalue weighted by Crippen LogP contribution is 2.29. The summed E-state index contributed by atoms with van der Waals surface area (Å²) in [6.45, 7) is 1.99. The monoisotopic (exact) mass is 417 g/mol. The Labute approximate surface area is 169 Å². The molecular formula is C18H16ClN5OS2. The Balaban J connectivity index is 1.43. The van der Waals surface area contributed by atoms with Crippen molar-refractivity contribution in [2.45, 2.75) is 18.1 Å². The van der Waals surface area contributed by atoms with E-state index in [1.165, 1.54) is 11.8 Å². The number of carbonyl (C=O) groups is 1. The van der Waals surface area contributed by atoms with Gasteiger partial charge in [-0.25, -0.2) is 15.0 Å². The summed E-state index contributed by atoms with van der Waals surface area (Å²) in [6, 6.07) is 9.67. The van der Waals surface area contributed by atoms with Gasteiger partial charge in [0.25, 0.3) is 0 Å². The van der Waals surface area contributed by atoms with E-state index in [9.17, 15) is 4.79 Å². The number of aromatic amines is 1. The van der Waals surface area contributed by atoms with E-state index in [0.717, 1.165) is 20.7 Å². The van der Waals surface area contributed by atoms with E-state index in [-0.39, 0.29) is 17.7 Å². The van der Waals surface area contributed by atoms with E-state index in [2.05, 4.69) is 19.9 Å². The van der Waals surface area contributed by atoms with E-state index in [1.807, 2.05) is 31.2 Å². The number of hydrogen-bond acceptors (Lipinski definition) is 6. The number of thioether (sulfide) groups is 1. The molecule has 138 valence electrons. The first-order chi connectivity index (χ1) is 13.0. The van der Waals surface area contributed by atoms with Crippen LogP contribution in [-0.2, 0) is 4.79 Å². The summed E-state index contributed by atoms with van der Waals surface area (Å²) >= 11 is 8.90. The molecule has 4 aromatic rings. The van der Waals surface area contributed by atoms with Gasteiger partial charge in [0.2, 0.25) is 5.91 Å². The molecule has 0 saturated heterocycles. The Kier molecular flexibility index (Phi) is 5.03. The van der Waals surface area contributed by atoms with E-state index in [4.69, 9.17) is 11.6 Å². The number of benzene rings is 1. The van der Waals surface area contributed by atoms with Gasteiger partial charge in [-0.05, 0) is 25.1 Å². The topological polar surface area (TPSA) is 74.8 Å². The Morgan fingerprint density at radius 2 is 2.19 bits per heavy atom. The van der Waals surface area contributed by atoms with E-state index < -0.39 is 0 Å². The number of hydrogen-bond donors (Lipinski definition) is 1. The molecule has 1 aromatic carbocycles. The summed E-state index contributed by atoms with van der Waals surface area (Å²) < 4.78 is 1.13. The zero-order chi connectivity index (χ0) is 19.0. The predicted molar refractivity (Wildman–Crippen MR) is 110 cm³/mol. The van der Waals surface area contributed by atoms with Crippen molar-refractivity contribution >= 4 is 62.0 Å². The third-order valence-electron chi connectivity index (χ3n) is 4.26. The van der Waals surface area contributed by atoms with Gasteiger partial charge in [0, 0.05) is 13.2 Å². The van der Waals surface area contributed by atoms with Crippen LogP contribution in [0.3, 0.4) is 0 Å². The molecule has 3 heterocycles. The van der Waals surface area contributed by atoms with E-state index in [1.54, 1.807) is 35.5 Å². The Morgan fingerprint density at radius 1 is 1.37 bits per heavy atom. The van der Waals surface area contributed by atoms with Crippen LogP contribution < -0.4 is 0 Å². The van der Waals surface area contributed by atoms with Crippen LogP contribution in [0.2, 0.25) is 5.02 Å². The smallest absolute Gasteiger partial charge is 0.233 e. The van der Waals surface area contributed by atoms with Crippen LogP contribution in [0.4, 0.5) is 0 Å². The fourth-order valence-corrected chi connectivity index (χ4v) is 4.62. The van der Waals surface area contributed by atoms with Gasteiger partial charge in [-0.2, -0.15) is 0 Å². The third kappa shape index (κ3) is 3.78. The summed E-state index contributed by atoms with van der Waals surface area (Å²) in [5.74, 6) is 0.289. The highest BCUT2D eigenvalue weighted by atomic mass is 35.5. The second-order valence-corrected chi connectivity index (χ2v) is 8.52. The number of nitrogens with one attached hydrogen (secondary N) is 1. The van der Waals surface area contributed by atoms with Crippen LogP contribution in [0.5, 0.6) is 0 Å². The van der Waals surface area contributed by atoms with Gasteiger partial charge < -0.3 is 9.88 Å². The van der Waals surface area contributed by atoms with Crippen molar-refractivity contribution in [1.82, 2.24) is 24.8 Å². The molecular weight excluding hydrogens is 402 g/mol. The second kappa shape index (κ2) is 7.46. The summed E-state index contributed by atoms with van der Waals surface area (Å²) in [6.07, 6.45) is 1.55. The largest absolute Gasteiger partial charge is 0.336 e. The van der Waals surface area contributed by atoms with Crippen molar-refractivity contribution in [1.29, 1.82) is 0 Å². The maximum absolute atomic E-state index is 12.6. The molecule has 4 rings (SSSR count). The molecule has 9 heteroatoms. The van der Waals surface area contributed by atoms with Gasteiger partial charge in [-0.1, -0.05) is 35.5 Å². The molecule has 0 aliphatic rings. The molecule has 1 atom stereocenters. The molecule has 0 aliphatic carbocycles. The first-order valence-corrected chi connectivity index (χ1v) is 10.4. The van der Waals surface area contributed by atoms with Gasteiger partial charge in [0.1, 0.15) is 5.01 Å². The molecule has 3 aromatic heterocycles. The van der Waals surface area contributed by atoms with Crippen LogP contribution in [0.15, 0.2) is 41.7 Å². The number of halogens is 1. The number of fused-ring (bicyclic) bond motifs is 2. The number of rotatable bonds is 5. The van der Waals surface area contributed by atoms with Crippen LogP contribution in [-0.4, -0.2) is 43.5 Å². The van der Waals surface area contributed by atoms with Crippen molar-refractivity contribution in [2.75, 3.05) is 12.8 Å². The molecule has 6 nitrogen and oxygen atoms in total. The zero-order valence-corrected chi connectivity index (χ0v) is 17.0. The summed E-state index contributed by atoms with van der Waals surface area (Å²) in [4.78, 5) is 30.7. The lowest BCUT2D eigenvalue weighted by Crippen LogP contribution is -2.31. The number of carbonyl (C=O) groups excluding carboxylic acids is 1. The Morgan fingerprint density at radius 3 is 3.00 bits per heavy atom. The van der Waals surface area contributed by atoms with Crippen molar-refractivity contribution in [3.8, 4) is 0 Å². The molecule has 0 aliphatic heterocycles. The van der Waals surface area contributed by atoms with Gasteiger partial charge in [-0.3, -0.25) is 4.79 Å². The highest BCUT2D eigenvalue weighted by Gasteiger charge is 2.21. The maximum Gasteiger partial charge on any atom is 0.233 e. The number of imidazole rings is 1. The number of amides is 1.